The number of amides is 1. The Balaban J connectivity index is 1.65. The molecule has 1 aliphatic rings. The molecule has 4 rings (SSSR count). The summed E-state index contributed by atoms with van der Waals surface area (Å²) in [6.07, 6.45) is -1.02. The van der Waals surface area contributed by atoms with Crippen LogP contribution >= 0.6 is 0 Å². The van der Waals surface area contributed by atoms with Crippen LogP contribution in [0.1, 0.15) is 11.1 Å². The van der Waals surface area contributed by atoms with Crippen molar-refractivity contribution in [2.75, 3.05) is 23.3 Å². The third kappa shape index (κ3) is 4.46. The average Bonchev–Trinajstić information content (AvgIpc) is 2.79. The van der Waals surface area contributed by atoms with Gasteiger partial charge in [0.15, 0.2) is 6.10 Å². The summed E-state index contributed by atoms with van der Waals surface area (Å²) in [5.74, 6) is -0.0796. The summed E-state index contributed by atoms with van der Waals surface area (Å²) in [7, 11) is -2.29. The summed E-state index contributed by atoms with van der Waals surface area (Å²) in [5.41, 5.74) is 2.80. The van der Waals surface area contributed by atoms with Crippen LogP contribution in [0.4, 0.5) is 11.4 Å². The molecule has 3 aromatic rings. The molecule has 8 heteroatoms. The zero-order valence-corrected chi connectivity index (χ0v) is 18.6. The topological polar surface area (TPSA) is 84.9 Å². The van der Waals surface area contributed by atoms with Crippen molar-refractivity contribution in [1.29, 1.82) is 0 Å². The van der Waals surface area contributed by atoms with Gasteiger partial charge in [-0.3, -0.25) is 9.10 Å². The highest BCUT2D eigenvalue weighted by Gasteiger charge is 2.37. The van der Waals surface area contributed by atoms with Crippen LogP contribution in [0.15, 0.2) is 77.7 Å². The molecule has 1 N–H and O–H groups in total. The molecule has 1 aliphatic heterocycles. The van der Waals surface area contributed by atoms with Crippen molar-refractivity contribution < 1.29 is 22.7 Å². The first-order chi connectivity index (χ1) is 15.4. The summed E-state index contributed by atoms with van der Waals surface area (Å²) in [6.45, 7) is 2.15. The molecule has 0 aromatic heterocycles. The van der Waals surface area contributed by atoms with E-state index in [0.29, 0.717) is 23.7 Å². The fraction of sp³-hybridized carbons (Fsp3) is 0.208. The summed E-state index contributed by atoms with van der Waals surface area (Å²) in [6, 6.07) is 20.7. The molecule has 3 aromatic carbocycles. The largest absolute Gasteiger partial charge is 0.476 e. The number of hydrogen-bond donors (Lipinski definition) is 1. The number of benzene rings is 3. The second kappa shape index (κ2) is 9.02. The number of anilines is 2. The molecule has 32 heavy (non-hydrogen) atoms. The van der Waals surface area contributed by atoms with Crippen molar-refractivity contribution in [2.24, 2.45) is 0 Å². The van der Waals surface area contributed by atoms with Crippen molar-refractivity contribution in [3.8, 4) is 5.75 Å². The maximum Gasteiger partial charge on any atom is 0.267 e. The number of rotatable bonds is 6. The molecule has 1 atom stereocenters. The van der Waals surface area contributed by atoms with Crippen LogP contribution < -0.4 is 14.4 Å². The minimum Gasteiger partial charge on any atom is -0.476 e. The van der Waals surface area contributed by atoms with E-state index in [9.17, 15) is 13.2 Å². The maximum atomic E-state index is 13.4. The number of ether oxygens (including phenoxy) is 2. The Hall–Kier alpha value is -3.36. The number of methoxy groups -OCH3 is 1. The number of nitrogens with one attached hydrogen (secondary N) is 1. The van der Waals surface area contributed by atoms with Crippen LogP contribution in [0.25, 0.3) is 0 Å². The third-order valence-corrected chi connectivity index (χ3v) is 6.91. The molecule has 0 saturated carbocycles. The van der Waals surface area contributed by atoms with Crippen molar-refractivity contribution in [3.05, 3.63) is 83.9 Å². The van der Waals surface area contributed by atoms with Gasteiger partial charge < -0.3 is 14.8 Å². The number of carbonyl (C=O) groups is 1. The monoisotopic (exact) mass is 452 g/mol. The first-order valence-electron chi connectivity index (χ1n) is 10.1. The minimum atomic E-state index is -3.88. The van der Waals surface area contributed by atoms with E-state index < -0.39 is 22.0 Å². The van der Waals surface area contributed by atoms with Crippen LogP contribution in [0, 0.1) is 6.92 Å². The molecule has 0 fully saturated rings. The van der Waals surface area contributed by atoms with Crippen LogP contribution in [-0.2, 0) is 26.2 Å². The lowest BCUT2D eigenvalue weighted by Crippen LogP contribution is -2.48. The van der Waals surface area contributed by atoms with Gasteiger partial charge in [0.25, 0.3) is 15.9 Å². The molecular formula is C24H24N2O5S. The summed E-state index contributed by atoms with van der Waals surface area (Å²) in [4.78, 5) is 13.2. The number of fused-ring (bicyclic) bond motifs is 1. The van der Waals surface area contributed by atoms with Gasteiger partial charge in [-0.15, -0.1) is 0 Å². The zero-order valence-electron chi connectivity index (χ0n) is 17.8. The Morgan fingerprint density at radius 2 is 1.88 bits per heavy atom. The van der Waals surface area contributed by atoms with E-state index in [0.717, 1.165) is 11.1 Å². The fourth-order valence-corrected chi connectivity index (χ4v) is 5.07. The first-order valence-corrected chi connectivity index (χ1v) is 11.6. The van der Waals surface area contributed by atoms with Gasteiger partial charge in [-0.2, -0.15) is 0 Å². The van der Waals surface area contributed by atoms with Gasteiger partial charge in [-0.05, 0) is 54.4 Å². The zero-order chi connectivity index (χ0) is 22.7. The normalized spacial score (nSPS) is 15.6. The van der Waals surface area contributed by atoms with Crippen molar-refractivity contribution in [1.82, 2.24) is 0 Å². The SMILES string of the molecule is COCc1cccc(NC(=O)[C@H]2CN(S(=O)(=O)c3ccccc3)c3ccc(C)cc3O2)c1. The maximum absolute atomic E-state index is 13.4. The smallest absolute Gasteiger partial charge is 0.267 e. The number of sulfonamides is 1. The highest BCUT2D eigenvalue weighted by Crippen LogP contribution is 2.37. The second-order valence-corrected chi connectivity index (χ2v) is 9.41. The first kappa shape index (κ1) is 21.9. The lowest BCUT2D eigenvalue weighted by Gasteiger charge is -2.35. The fourth-order valence-electron chi connectivity index (χ4n) is 3.57. The Labute approximate surface area is 187 Å². The van der Waals surface area contributed by atoms with E-state index in [-0.39, 0.29) is 11.4 Å². The van der Waals surface area contributed by atoms with E-state index in [2.05, 4.69) is 5.32 Å². The third-order valence-electron chi connectivity index (χ3n) is 5.11. The second-order valence-electron chi connectivity index (χ2n) is 7.55. The van der Waals surface area contributed by atoms with Gasteiger partial charge in [-0.25, -0.2) is 8.42 Å². The molecule has 7 nitrogen and oxygen atoms in total. The molecule has 0 aliphatic carbocycles. The Morgan fingerprint density at radius 1 is 1.09 bits per heavy atom. The van der Waals surface area contributed by atoms with E-state index in [1.807, 2.05) is 25.1 Å². The summed E-state index contributed by atoms with van der Waals surface area (Å²) < 4.78 is 39.1. The lowest BCUT2D eigenvalue weighted by molar-refractivity contribution is -0.122. The molecule has 0 unspecified atom stereocenters. The van der Waals surface area contributed by atoms with Crippen molar-refractivity contribution in [3.63, 3.8) is 0 Å². The van der Waals surface area contributed by atoms with Crippen LogP contribution in [0.2, 0.25) is 0 Å². The number of hydrogen-bond acceptors (Lipinski definition) is 5. The average molecular weight is 453 g/mol. The number of carbonyl (C=O) groups excluding carboxylic acids is 1. The van der Waals surface area contributed by atoms with E-state index >= 15 is 0 Å². The summed E-state index contributed by atoms with van der Waals surface area (Å²) in [5, 5.41) is 2.83. The molecule has 0 radical (unpaired) electrons. The Bertz CT molecular complexity index is 1230. The summed E-state index contributed by atoms with van der Waals surface area (Å²) >= 11 is 0. The van der Waals surface area contributed by atoms with Gasteiger partial charge in [0.2, 0.25) is 0 Å². The molecule has 166 valence electrons. The van der Waals surface area contributed by atoms with Crippen LogP contribution in [0.3, 0.4) is 0 Å². The predicted octanol–water partition coefficient (Wildman–Crippen LogP) is 3.74. The van der Waals surface area contributed by atoms with E-state index in [4.69, 9.17) is 9.47 Å². The highest BCUT2D eigenvalue weighted by molar-refractivity contribution is 7.92. The minimum absolute atomic E-state index is 0.142. The van der Waals surface area contributed by atoms with Crippen molar-refractivity contribution in [2.45, 2.75) is 24.5 Å². The lowest BCUT2D eigenvalue weighted by atomic mass is 10.1. The van der Waals surface area contributed by atoms with Crippen molar-refractivity contribution >= 4 is 27.3 Å². The molecule has 0 spiro atoms. The van der Waals surface area contributed by atoms with Crippen LogP contribution in [0.5, 0.6) is 5.75 Å². The standard InChI is InChI=1S/C24H24N2O5S/c1-17-11-12-21-22(13-17)31-23(15-26(21)32(28,29)20-9-4-3-5-10-20)24(27)25-19-8-6-7-18(14-19)16-30-2/h3-14,23H,15-16H2,1-2H3,(H,25,27)/t23-/m1/s1. The quantitative estimate of drug-likeness (QED) is 0.616. The predicted molar refractivity (Wildman–Crippen MR) is 122 cm³/mol. The van der Waals surface area contributed by atoms with Gasteiger partial charge >= 0.3 is 0 Å². The number of nitrogens with zero attached hydrogens (tertiary/aromatic N) is 1. The highest BCUT2D eigenvalue weighted by atomic mass is 32.2. The van der Waals surface area contributed by atoms with Gasteiger partial charge in [0, 0.05) is 12.8 Å². The molecule has 1 amide bonds. The Morgan fingerprint density at radius 3 is 2.62 bits per heavy atom. The molecule has 0 saturated heterocycles. The van der Waals surface area contributed by atoms with Gasteiger partial charge in [0.1, 0.15) is 5.75 Å². The van der Waals surface area contributed by atoms with Gasteiger partial charge in [-0.1, -0.05) is 36.4 Å². The number of aryl methyl sites for hydroxylation is 1. The molecule has 0 bridgehead atoms. The van der Waals surface area contributed by atoms with Gasteiger partial charge in [0.05, 0.1) is 23.7 Å². The van der Waals surface area contributed by atoms with E-state index in [1.54, 1.807) is 49.6 Å². The van der Waals surface area contributed by atoms with E-state index in [1.165, 1.54) is 16.4 Å². The molecular weight excluding hydrogens is 428 g/mol. The van der Waals surface area contributed by atoms with Crippen LogP contribution in [-0.4, -0.2) is 34.1 Å². The Kier molecular flexibility index (Phi) is 6.16. The molecule has 1 heterocycles.